The number of carbonyl (C=O) groups is 2. The number of likely N-dealkylation sites (N-methyl/N-ethyl adjacent to an activating group) is 2. The highest BCUT2D eigenvalue weighted by Gasteiger charge is 2.38. The van der Waals surface area contributed by atoms with E-state index in [9.17, 15) is 9.59 Å². The summed E-state index contributed by atoms with van der Waals surface area (Å²) >= 11 is 0. The number of rotatable bonds is 8. The zero-order valence-electron chi connectivity index (χ0n) is 19.9. The average Bonchev–Trinajstić information content (AvgIpc) is 3.37. The zero-order valence-corrected chi connectivity index (χ0v) is 19.9. The molecule has 3 atom stereocenters. The molecule has 3 unspecified atom stereocenters. The van der Waals surface area contributed by atoms with E-state index in [1.165, 1.54) is 12.8 Å². The number of aliphatic imine (C=N–C) groups is 1. The molecule has 8 heteroatoms. The van der Waals surface area contributed by atoms with Crippen LogP contribution in [0.2, 0.25) is 0 Å². The average molecular weight is 443 g/mol. The first-order valence-corrected chi connectivity index (χ1v) is 11.7. The Hall–Kier alpha value is -2.61. The molecular formula is C24H38N6O2. The molecule has 0 radical (unpaired) electrons. The van der Waals surface area contributed by atoms with Crippen molar-refractivity contribution in [1.29, 1.82) is 0 Å². The van der Waals surface area contributed by atoms with Crippen LogP contribution in [-0.4, -0.2) is 92.4 Å². The third-order valence-corrected chi connectivity index (χ3v) is 6.65. The zero-order chi connectivity index (χ0) is 23.1. The number of amides is 2. The number of hydrogen-bond donors (Lipinski definition) is 2. The van der Waals surface area contributed by atoms with Crippen LogP contribution in [0.3, 0.4) is 0 Å². The summed E-state index contributed by atoms with van der Waals surface area (Å²) < 4.78 is 0. The van der Waals surface area contributed by atoms with Gasteiger partial charge in [0, 0.05) is 52.6 Å². The second-order valence-corrected chi connectivity index (χ2v) is 8.96. The standard InChI is InChI=1S/C24H38N6O2/c1-5-30-13-9-12-20(30)16-26-24(27-17-22(32)28(2)3)25-15-19-14-21(31)29(4)23(19)18-10-7-6-8-11-18/h6-8,10-11,19-20,23H,5,9,12-17H2,1-4H3,(H2,25,26,27). The summed E-state index contributed by atoms with van der Waals surface area (Å²) in [5, 5.41) is 6.87. The number of hydrogen-bond acceptors (Lipinski definition) is 4. The first-order chi connectivity index (χ1) is 15.4. The fourth-order valence-electron chi connectivity index (χ4n) is 4.73. The lowest BCUT2D eigenvalue weighted by molar-refractivity contribution is -0.128. The number of nitrogens with zero attached hydrogens (tertiary/aromatic N) is 4. The number of guanidine groups is 1. The second kappa shape index (κ2) is 11.3. The highest BCUT2D eigenvalue weighted by Crippen LogP contribution is 2.36. The Bertz CT molecular complexity index is 797. The first kappa shape index (κ1) is 24.0. The highest BCUT2D eigenvalue weighted by atomic mass is 16.2. The van der Waals surface area contributed by atoms with Gasteiger partial charge in [0.05, 0.1) is 6.04 Å². The predicted molar refractivity (Wildman–Crippen MR) is 127 cm³/mol. The van der Waals surface area contributed by atoms with Gasteiger partial charge in [0.1, 0.15) is 6.54 Å². The lowest BCUT2D eigenvalue weighted by atomic mass is 9.94. The summed E-state index contributed by atoms with van der Waals surface area (Å²) in [6.07, 6.45) is 2.89. The van der Waals surface area contributed by atoms with Gasteiger partial charge in [0.25, 0.3) is 0 Å². The number of nitrogens with one attached hydrogen (secondary N) is 2. The van der Waals surface area contributed by atoms with E-state index < -0.39 is 0 Å². The normalized spacial score (nSPS) is 24.1. The van der Waals surface area contributed by atoms with E-state index in [2.05, 4.69) is 39.6 Å². The second-order valence-electron chi connectivity index (χ2n) is 8.96. The SMILES string of the molecule is CCN1CCCC1CNC(=NCC(=O)N(C)C)NCC1CC(=O)N(C)C1c1ccccc1. The number of carbonyl (C=O) groups excluding carboxylic acids is 2. The minimum atomic E-state index is -0.0416. The maximum atomic E-state index is 12.5. The molecule has 2 amide bonds. The van der Waals surface area contributed by atoms with Gasteiger partial charge in [-0.15, -0.1) is 0 Å². The number of likely N-dealkylation sites (tertiary alicyclic amines) is 2. The predicted octanol–water partition coefficient (Wildman–Crippen LogP) is 1.31. The molecule has 0 aliphatic carbocycles. The topological polar surface area (TPSA) is 80.3 Å². The molecule has 2 aliphatic rings. The Kier molecular flexibility index (Phi) is 8.50. The molecule has 176 valence electrons. The minimum Gasteiger partial charge on any atom is -0.356 e. The number of benzene rings is 1. The maximum Gasteiger partial charge on any atom is 0.243 e. The summed E-state index contributed by atoms with van der Waals surface area (Å²) in [5.41, 5.74) is 1.14. The van der Waals surface area contributed by atoms with E-state index in [0.717, 1.165) is 25.2 Å². The van der Waals surface area contributed by atoms with Crippen LogP contribution in [-0.2, 0) is 9.59 Å². The van der Waals surface area contributed by atoms with Gasteiger partial charge < -0.3 is 20.4 Å². The Labute approximate surface area is 192 Å². The van der Waals surface area contributed by atoms with E-state index in [-0.39, 0.29) is 30.3 Å². The molecule has 2 aliphatic heterocycles. The third kappa shape index (κ3) is 6.00. The van der Waals surface area contributed by atoms with Gasteiger partial charge in [-0.25, -0.2) is 4.99 Å². The largest absolute Gasteiger partial charge is 0.356 e. The van der Waals surface area contributed by atoms with Gasteiger partial charge in [0.15, 0.2) is 5.96 Å². The molecule has 0 saturated carbocycles. The van der Waals surface area contributed by atoms with E-state index in [4.69, 9.17) is 0 Å². The summed E-state index contributed by atoms with van der Waals surface area (Å²) in [7, 11) is 5.35. The quantitative estimate of drug-likeness (QED) is 0.469. The molecule has 1 aromatic rings. The van der Waals surface area contributed by atoms with Gasteiger partial charge in [-0.05, 0) is 31.5 Å². The molecule has 2 N–H and O–H groups in total. The smallest absolute Gasteiger partial charge is 0.243 e. The van der Waals surface area contributed by atoms with Gasteiger partial charge in [-0.2, -0.15) is 0 Å². The van der Waals surface area contributed by atoms with Gasteiger partial charge in [-0.3, -0.25) is 14.5 Å². The Balaban J connectivity index is 1.67. The van der Waals surface area contributed by atoms with Crippen LogP contribution in [0, 0.1) is 5.92 Å². The van der Waals surface area contributed by atoms with Crippen LogP contribution >= 0.6 is 0 Å². The Morgan fingerprint density at radius 3 is 2.59 bits per heavy atom. The van der Waals surface area contributed by atoms with Crippen LogP contribution in [0.25, 0.3) is 0 Å². The van der Waals surface area contributed by atoms with Crippen molar-refractivity contribution < 1.29 is 9.59 Å². The minimum absolute atomic E-state index is 0.0336. The summed E-state index contributed by atoms with van der Waals surface area (Å²) in [4.78, 5) is 35.0. The maximum absolute atomic E-state index is 12.5. The van der Waals surface area contributed by atoms with Crippen LogP contribution in [0.4, 0.5) is 0 Å². The summed E-state index contributed by atoms with van der Waals surface area (Å²) in [6.45, 7) is 5.87. The molecule has 2 fully saturated rings. The molecule has 8 nitrogen and oxygen atoms in total. The third-order valence-electron chi connectivity index (χ3n) is 6.65. The van der Waals surface area contributed by atoms with E-state index in [1.807, 2.05) is 30.1 Å². The monoisotopic (exact) mass is 442 g/mol. The lowest BCUT2D eigenvalue weighted by Crippen LogP contribution is -2.46. The van der Waals surface area contributed by atoms with Crippen molar-refractivity contribution in [2.24, 2.45) is 10.9 Å². The van der Waals surface area contributed by atoms with Crippen molar-refractivity contribution in [2.45, 2.75) is 38.3 Å². The summed E-state index contributed by atoms with van der Waals surface area (Å²) in [5.74, 6) is 0.881. The van der Waals surface area contributed by atoms with Gasteiger partial charge in [0.2, 0.25) is 11.8 Å². The van der Waals surface area contributed by atoms with Crippen molar-refractivity contribution in [2.75, 3.05) is 53.9 Å². The Morgan fingerprint density at radius 2 is 1.91 bits per heavy atom. The molecule has 1 aromatic carbocycles. The lowest BCUT2D eigenvalue weighted by Gasteiger charge is -2.27. The van der Waals surface area contributed by atoms with E-state index >= 15 is 0 Å². The molecule has 0 spiro atoms. The molecule has 3 rings (SSSR count). The van der Waals surface area contributed by atoms with E-state index in [1.54, 1.807) is 19.0 Å². The van der Waals surface area contributed by atoms with Gasteiger partial charge in [-0.1, -0.05) is 37.3 Å². The molecule has 0 bridgehead atoms. The van der Waals surface area contributed by atoms with Crippen molar-refractivity contribution in [1.82, 2.24) is 25.3 Å². The van der Waals surface area contributed by atoms with Crippen LogP contribution in [0.5, 0.6) is 0 Å². The van der Waals surface area contributed by atoms with Crippen LogP contribution in [0.1, 0.15) is 37.8 Å². The molecule has 2 saturated heterocycles. The molecule has 32 heavy (non-hydrogen) atoms. The molecule has 0 aromatic heterocycles. The van der Waals surface area contributed by atoms with E-state index in [0.29, 0.717) is 25.0 Å². The molecule has 2 heterocycles. The highest BCUT2D eigenvalue weighted by molar-refractivity contribution is 5.85. The summed E-state index contributed by atoms with van der Waals surface area (Å²) in [6, 6.07) is 10.7. The van der Waals surface area contributed by atoms with Crippen molar-refractivity contribution in [3.8, 4) is 0 Å². The van der Waals surface area contributed by atoms with Crippen molar-refractivity contribution in [3.05, 3.63) is 35.9 Å². The van der Waals surface area contributed by atoms with Crippen LogP contribution < -0.4 is 10.6 Å². The van der Waals surface area contributed by atoms with Crippen molar-refractivity contribution in [3.63, 3.8) is 0 Å². The molecular weight excluding hydrogens is 404 g/mol. The first-order valence-electron chi connectivity index (χ1n) is 11.7. The van der Waals surface area contributed by atoms with Gasteiger partial charge >= 0.3 is 0 Å². The van der Waals surface area contributed by atoms with Crippen LogP contribution in [0.15, 0.2) is 35.3 Å². The van der Waals surface area contributed by atoms with Crippen molar-refractivity contribution >= 4 is 17.8 Å². The Morgan fingerprint density at radius 1 is 1.19 bits per heavy atom. The fraction of sp³-hybridized carbons (Fsp3) is 0.625. The fourth-order valence-corrected chi connectivity index (χ4v) is 4.73.